The smallest absolute Gasteiger partial charge is 0.0464 e. The van der Waals surface area contributed by atoms with Gasteiger partial charge in [0, 0.05) is 17.1 Å². The normalized spacial score (nSPS) is 10.8. The van der Waals surface area contributed by atoms with Crippen molar-refractivity contribution in [2.45, 2.75) is 33.6 Å². The van der Waals surface area contributed by atoms with E-state index in [4.69, 9.17) is 0 Å². The van der Waals surface area contributed by atoms with Crippen molar-refractivity contribution in [2.75, 3.05) is 4.90 Å². The van der Waals surface area contributed by atoms with Crippen LogP contribution in [0.25, 0.3) is 11.1 Å². The van der Waals surface area contributed by atoms with Gasteiger partial charge in [0.25, 0.3) is 0 Å². The average molecular weight is 392 g/mol. The summed E-state index contributed by atoms with van der Waals surface area (Å²) >= 11 is 0. The molecule has 0 aromatic heterocycles. The second kappa shape index (κ2) is 9.00. The second-order valence-electron chi connectivity index (χ2n) is 7.93. The molecule has 0 aliphatic heterocycles. The predicted molar refractivity (Wildman–Crippen MR) is 130 cm³/mol. The van der Waals surface area contributed by atoms with E-state index in [1.54, 1.807) is 0 Å². The van der Waals surface area contributed by atoms with Gasteiger partial charge in [-0.3, -0.25) is 0 Å². The summed E-state index contributed by atoms with van der Waals surface area (Å²) in [5, 5.41) is 0. The Bertz CT molecular complexity index is 1090. The fraction of sp³-hybridized carbons (Fsp3) is 0.172. The van der Waals surface area contributed by atoms with Gasteiger partial charge in [-0.15, -0.1) is 0 Å². The summed E-state index contributed by atoms with van der Waals surface area (Å²) in [6.45, 7) is 6.57. The Balaban J connectivity index is 1.75. The highest BCUT2D eigenvalue weighted by molar-refractivity contribution is 5.78. The van der Waals surface area contributed by atoms with E-state index in [1.165, 1.54) is 51.3 Å². The Kier molecular flexibility index (Phi) is 5.99. The first-order chi connectivity index (χ1) is 14.7. The first-order valence-electron chi connectivity index (χ1n) is 10.8. The molecular weight excluding hydrogens is 362 g/mol. The molecule has 0 N–H and O–H groups in total. The Morgan fingerprint density at radius 3 is 1.73 bits per heavy atom. The Labute approximate surface area is 180 Å². The van der Waals surface area contributed by atoms with Crippen LogP contribution in [0.1, 0.15) is 30.0 Å². The molecule has 4 rings (SSSR count). The minimum Gasteiger partial charge on any atom is -0.310 e. The molecule has 0 bridgehead atoms. The summed E-state index contributed by atoms with van der Waals surface area (Å²) in [5.41, 5.74) is 10.0. The van der Waals surface area contributed by atoms with Crippen LogP contribution in [-0.4, -0.2) is 0 Å². The van der Waals surface area contributed by atoms with E-state index < -0.39 is 0 Å². The van der Waals surface area contributed by atoms with Crippen LogP contribution in [0.5, 0.6) is 0 Å². The van der Waals surface area contributed by atoms with Gasteiger partial charge in [0.2, 0.25) is 0 Å². The third-order valence-electron chi connectivity index (χ3n) is 5.71. The molecule has 150 valence electrons. The van der Waals surface area contributed by atoms with Gasteiger partial charge in [-0.25, -0.2) is 0 Å². The third-order valence-corrected chi connectivity index (χ3v) is 5.71. The van der Waals surface area contributed by atoms with Gasteiger partial charge in [0.1, 0.15) is 0 Å². The van der Waals surface area contributed by atoms with Crippen LogP contribution in [-0.2, 0) is 6.42 Å². The van der Waals surface area contributed by atoms with Crippen LogP contribution in [0.15, 0.2) is 97.1 Å². The van der Waals surface area contributed by atoms with Gasteiger partial charge < -0.3 is 4.90 Å². The van der Waals surface area contributed by atoms with Crippen LogP contribution in [0, 0.1) is 13.8 Å². The highest BCUT2D eigenvalue weighted by atomic mass is 15.1. The summed E-state index contributed by atoms with van der Waals surface area (Å²) in [6, 6.07) is 35.1. The molecule has 0 amide bonds. The lowest BCUT2D eigenvalue weighted by Crippen LogP contribution is -2.10. The van der Waals surface area contributed by atoms with Crippen molar-refractivity contribution in [2.24, 2.45) is 0 Å². The van der Waals surface area contributed by atoms with E-state index in [9.17, 15) is 0 Å². The fourth-order valence-electron chi connectivity index (χ4n) is 3.85. The summed E-state index contributed by atoms with van der Waals surface area (Å²) in [4.78, 5) is 2.34. The van der Waals surface area contributed by atoms with E-state index in [1.807, 2.05) is 0 Å². The number of aryl methyl sites for hydroxylation is 3. The molecule has 0 aliphatic carbocycles. The SMILES string of the molecule is CCCc1ccc(N(c2ccc(-c3ccccc3)cc2)c2ccc(C)c(C)c2)cc1. The zero-order valence-electron chi connectivity index (χ0n) is 18.1. The quantitative estimate of drug-likeness (QED) is 0.319. The minimum atomic E-state index is 1.12. The molecule has 0 unspecified atom stereocenters. The molecule has 0 atom stereocenters. The van der Waals surface area contributed by atoms with E-state index in [0.29, 0.717) is 0 Å². The zero-order chi connectivity index (χ0) is 20.9. The standard InChI is InChI=1S/C29H29N/c1-4-8-24-12-17-27(18-13-24)30(29-16-11-22(2)23(3)21-29)28-19-14-26(15-20-28)25-9-6-5-7-10-25/h5-7,9-21H,4,8H2,1-3H3. The molecule has 30 heavy (non-hydrogen) atoms. The zero-order valence-corrected chi connectivity index (χ0v) is 18.1. The Hall–Kier alpha value is -3.32. The molecule has 0 aliphatic rings. The Morgan fingerprint density at radius 2 is 1.13 bits per heavy atom. The van der Waals surface area contributed by atoms with Crippen molar-refractivity contribution < 1.29 is 0 Å². The highest BCUT2D eigenvalue weighted by Gasteiger charge is 2.13. The summed E-state index contributed by atoms with van der Waals surface area (Å²) < 4.78 is 0. The molecule has 0 heterocycles. The summed E-state index contributed by atoms with van der Waals surface area (Å²) in [5.74, 6) is 0. The molecule has 0 spiro atoms. The van der Waals surface area contributed by atoms with Crippen molar-refractivity contribution in [1.29, 1.82) is 0 Å². The lowest BCUT2D eigenvalue weighted by Gasteiger charge is -2.26. The molecule has 0 fully saturated rings. The van der Waals surface area contributed by atoms with E-state index >= 15 is 0 Å². The van der Waals surface area contributed by atoms with Gasteiger partial charge in [-0.2, -0.15) is 0 Å². The first kappa shape index (κ1) is 20.0. The largest absolute Gasteiger partial charge is 0.310 e. The molecule has 0 radical (unpaired) electrons. The summed E-state index contributed by atoms with van der Waals surface area (Å²) in [7, 11) is 0. The number of anilines is 3. The van der Waals surface area contributed by atoms with Gasteiger partial charge >= 0.3 is 0 Å². The van der Waals surface area contributed by atoms with Crippen LogP contribution in [0.3, 0.4) is 0 Å². The van der Waals surface area contributed by atoms with Gasteiger partial charge in [-0.1, -0.05) is 74.0 Å². The first-order valence-corrected chi connectivity index (χ1v) is 10.8. The van der Waals surface area contributed by atoms with Crippen molar-refractivity contribution in [3.05, 3.63) is 114 Å². The second-order valence-corrected chi connectivity index (χ2v) is 7.93. The van der Waals surface area contributed by atoms with Gasteiger partial charge in [0.05, 0.1) is 0 Å². The molecule has 0 saturated heterocycles. The average Bonchev–Trinajstić information content (AvgIpc) is 2.79. The minimum absolute atomic E-state index is 1.12. The number of hydrogen-bond acceptors (Lipinski definition) is 1. The summed E-state index contributed by atoms with van der Waals surface area (Å²) in [6.07, 6.45) is 2.29. The number of hydrogen-bond donors (Lipinski definition) is 0. The lowest BCUT2D eigenvalue weighted by atomic mass is 10.0. The fourth-order valence-corrected chi connectivity index (χ4v) is 3.85. The lowest BCUT2D eigenvalue weighted by molar-refractivity contribution is 0.922. The molecule has 1 nitrogen and oxygen atoms in total. The van der Waals surface area contributed by atoms with Crippen molar-refractivity contribution in [3.8, 4) is 11.1 Å². The van der Waals surface area contributed by atoms with Crippen molar-refractivity contribution >= 4 is 17.1 Å². The van der Waals surface area contributed by atoms with Gasteiger partial charge in [-0.05, 0) is 84.5 Å². The van der Waals surface area contributed by atoms with Crippen LogP contribution in [0.2, 0.25) is 0 Å². The maximum atomic E-state index is 2.34. The molecule has 0 saturated carbocycles. The van der Waals surface area contributed by atoms with Gasteiger partial charge in [0.15, 0.2) is 0 Å². The third kappa shape index (κ3) is 4.31. The monoisotopic (exact) mass is 391 g/mol. The van der Waals surface area contributed by atoms with Crippen molar-refractivity contribution in [3.63, 3.8) is 0 Å². The number of rotatable bonds is 6. The number of nitrogens with zero attached hydrogens (tertiary/aromatic N) is 1. The van der Waals surface area contributed by atoms with E-state index in [-0.39, 0.29) is 0 Å². The topological polar surface area (TPSA) is 3.24 Å². The molecule has 4 aromatic carbocycles. The maximum absolute atomic E-state index is 2.34. The molecular formula is C29H29N. The Morgan fingerprint density at radius 1 is 0.567 bits per heavy atom. The van der Waals surface area contributed by atoms with Crippen LogP contribution in [0.4, 0.5) is 17.1 Å². The van der Waals surface area contributed by atoms with E-state index in [0.717, 1.165) is 6.42 Å². The number of benzene rings is 4. The van der Waals surface area contributed by atoms with Crippen LogP contribution >= 0.6 is 0 Å². The highest BCUT2D eigenvalue weighted by Crippen LogP contribution is 2.36. The maximum Gasteiger partial charge on any atom is 0.0464 e. The van der Waals surface area contributed by atoms with Crippen LogP contribution < -0.4 is 4.90 Å². The predicted octanol–water partition coefficient (Wildman–Crippen LogP) is 8.39. The van der Waals surface area contributed by atoms with E-state index in [2.05, 4.69) is 123 Å². The van der Waals surface area contributed by atoms with Crippen molar-refractivity contribution in [1.82, 2.24) is 0 Å². The molecule has 1 heteroatoms. The molecule has 4 aromatic rings.